The third kappa shape index (κ3) is 3.98. The number of aromatic amines is 1. The largest absolute Gasteiger partial charge is 0.497 e. The van der Waals surface area contributed by atoms with Crippen LogP contribution in [0.2, 0.25) is 0 Å². The molecule has 142 valence electrons. The highest BCUT2D eigenvalue weighted by Gasteiger charge is 2.08. The quantitative estimate of drug-likeness (QED) is 0.478. The summed E-state index contributed by atoms with van der Waals surface area (Å²) in [7, 11) is 3.76. The van der Waals surface area contributed by atoms with E-state index < -0.39 is 0 Å². The molecule has 28 heavy (non-hydrogen) atoms. The maximum atomic E-state index is 5.42. The minimum absolute atomic E-state index is 0.552. The second-order valence-corrected chi connectivity index (χ2v) is 7.22. The molecule has 0 fully saturated rings. The first-order valence-corrected chi connectivity index (χ1v) is 9.51. The van der Waals surface area contributed by atoms with E-state index in [9.17, 15) is 0 Å². The number of rotatable bonds is 6. The van der Waals surface area contributed by atoms with Crippen molar-refractivity contribution in [3.8, 4) is 17.1 Å². The number of hydrogen-bond donors (Lipinski definition) is 1. The summed E-state index contributed by atoms with van der Waals surface area (Å²) in [5.41, 5.74) is 2.27. The highest BCUT2D eigenvalue weighted by Crippen LogP contribution is 2.22. The maximum absolute atomic E-state index is 5.42. The molecule has 0 radical (unpaired) electrons. The molecule has 0 atom stereocenters. The standard InChI is InChI=1S/C22H22N4OS/c1-25(14-16-8-9-19-13-20(27-2)11-10-18(19)12-16)15-26-22(28)23-21(24-26)17-6-4-3-5-7-17/h3-13H,14-15H2,1-2H3,(H,23,24,28). The number of nitrogens with one attached hydrogen (secondary N) is 1. The predicted molar refractivity (Wildman–Crippen MR) is 115 cm³/mol. The zero-order valence-corrected chi connectivity index (χ0v) is 16.7. The minimum Gasteiger partial charge on any atom is -0.497 e. The zero-order valence-electron chi connectivity index (χ0n) is 15.9. The monoisotopic (exact) mass is 390 g/mol. The molecule has 1 N–H and O–H groups in total. The van der Waals surface area contributed by atoms with Crippen molar-refractivity contribution >= 4 is 23.0 Å². The lowest BCUT2D eigenvalue weighted by Crippen LogP contribution is -2.22. The number of aromatic nitrogens is 3. The first-order valence-electron chi connectivity index (χ1n) is 9.10. The fourth-order valence-electron chi connectivity index (χ4n) is 3.28. The molecule has 0 spiro atoms. The smallest absolute Gasteiger partial charge is 0.217 e. The molecule has 4 rings (SSSR count). The Kier molecular flexibility index (Phi) is 5.23. The van der Waals surface area contributed by atoms with Gasteiger partial charge in [-0.15, -0.1) is 0 Å². The molecular formula is C22H22N4OS. The second-order valence-electron chi connectivity index (χ2n) is 6.85. The topological polar surface area (TPSA) is 46.1 Å². The molecule has 0 saturated heterocycles. The van der Waals surface area contributed by atoms with Gasteiger partial charge in [0.15, 0.2) is 5.82 Å². The summed E-state index contributed by atoms with van der Waals surface area (Å²) in [5.74, 6) is 1.67. The number of benzene rings is 3. The lowest BCUT2D eigenvalue weighted by atomic mass is 10.1. The molecule has 1 aromatic heterocycles. The molecule has 0 bridgehead atoms. The molecule has 0 aliphatic heterocycles. The van der Waals surface area contributed by atoms with Gasteiger partial charge in [0.1, 0.15) is 5.75 Å². The summed E-state index contributed by atoms with van der Waals surface area (Å²) in [6.07, 6.45) is 0. The summed E-state index contributed by atoms with van der Waals surface area (Å²) >= 11 is 5.42. The van der Waals surface area contributed by atoms with E-state index in [2.05, 4.69) is 52.4 Å². The third-order valence-corrected chi connectivity index (χ3v) is 4.99. The van der Waals surface area contributed by atoms with Crippen LogP contribution in [-0.4, -0.2) is 33.8 Å². The fraction of sp³-hybridized carbons (Fsp3) is 0.182. The van der Waals surface area contributed by atoms with Crippen molar-refractivity contribution in [3.63, 3.8) is 0 Å². The second kappa shape index (κ2) is 7.96. The van der Waals surface area contributed by atoms with E-state index in [1.54, 1.807) is 7.11 Å². The molecule has 1 heterocycles. The summed E-state index contributed by atoms with van der Waals surface area (Å²) in [4.78, 5) is 6.68. The Morgan fingerprint density at radius 2 is 1.79 bits per heavy atom. The van der Waals surface area contributed by atoms with E-state index in [4.69, 9.17) is 17.0 Å². The molecule has 0 amide bonds. The van der Waals surface area contributed by atoms with E-state index in [1.807, 2.05) is 41.1 Å². The first-order chi connectivity index (χ1) is 13.6. The van der Waals surface area contributed by atoms with Crippen molar-refractivity contribution in [2.75, 3.05) is 14.2 Å². The van der Waals surface area contributed by atoms with Crippen LogP contribution >= 0.6 is 12.2 Å². The number of ether oxygens (including phenoxy) is 1. The van der Waals surface area contributed by atoms with E-state index in [1.165, 1.54) is 16.3 Å². The van der Waals surface area contributed by atoms with Crippen molar-refractivity contribution < 1.29 is 4.74 Å². The Hall–Kier alpha value is -2.96. The van der Waals surface area contributed by atoms with Crippen LogP contribution in [-0.2, 0) is 13.2 Å². The van der Waals surface area contributed by atoms with Crippen molar-refractivity contribution in [2.24, 2.45) is 0 Å². The Balaban J connectivity index is 1.49. The average Bonchev–Trinajstić information content (AvgIpc) is 3.08. The predicted octanol–water partition coefficient (Wildman–Crippen LogP) is 4.86. The van der Waals surface area contributed by atoms with Crippen molar-refractivity contribution in [1.29, 1.82) is 0 Å². The molecule has 4 aromatic rings. The van der Waals surface area contributed by atoms with Gasteiger partial charge in [0.05, 0.1) is 13.8 Å². The highest BCUT2D eigenvalue weighted by molar-refractivity contribution is 7.71. The molecule has 0 saturated carbocycles. The van der Waals surface area contributed by atoms with Gasteiger partial charge in [0.25, 0.3) is 0 Å². The summed E-state index contributed by atoms with van der Waals surface area (Å²) in [6, 6.07) is 22.7. The van der Waals surface area contributed by atoms with Crippen LogP contribution in [0.1, 0.15) is 5.56 Å². The van der Waals surface area contributed by atoms with Crippen LogP contribution in [0.15, 0.2) is 66.7 Å². The van der Waals surface area contributed by atoms with Crippen LogP contribution in [0.5, 0.6) is 5.75 Å². The normalized spacial score (nSPS) is 11.2. The first kappa shape index (κ1) is 18.4. The van der Waals surface area contributed by atoms with Crippen LogP contribution in [0, 0.1) is 4.77 Å². The average molecular weight is 391 g/mol. The Labute approximate surface area is 169 Å². The van der Waals surface area contributed by atoms with Crippen LogP contribution in [0.25, 0.3) is 22.2 Å². The van der Waals surface area contributed by atoms with Crippen molar-refractivity contribution in [2.45, 2.75) is 13.2 Å². The summed E-state index contributed by atoms with van der Waals surface area (Å²) < 4.78 is 7.74. The number of H-pyrrole nitrogens is 1. The molecule has 0 aliphatic rings. The Bertz CT molecular complexity index is 1150. The third-order valence-electron chi connectivity index (χ3n) is 4.67. The Morgan fingerprint density at radius 1 is 1.04 bits per heavy atom. The lowest BCUT2D eigenvalue weighted by molar-refractivity contribution is 0.244. The van der Waals surface area contributed by atoms with Crippen LogP contribution < -0.4 is 4.74 Å². The lowest BCUT2D eigenvalue weighted by Gasteiger charge is -2.17. The highest BCUT2D eigenvalue weighted by atomic mass is 32.1. The van der Waals surface area contributed by atoms with E-state index in [0.717, 1.165) is 23.7 Å². The van der Waals surface area contributed by atoms with Gasteiger partial charge >= 0.3 is 0 Å². The number of fused-ring (bicyclic) bond motifs is 1. The maximum Gasteiger partial charge on any atom is 0.217 e. The SMILES string of the molecule is COc1ccc2cc(CN(C)Cn3[nH]c(-c4ccccc4)nc3=S)ccc2c1. The molecule has 0 unspecified atom stereocenters. The van der Waals surface area contributed by atoms with Gasteiger partial charge in [-0.05, 0) is 53.8 Å². The van der Waals surface area contributed by atoms with Gasteiger partial charge in [-0.25, -0.2) is 4.68 Å². The van der Waals surface area contributed by atoms with Crippen LogP contribution in [0.3, 0.4) is 0 Å². The summed E-state index contributed by atoms with van der Waals surface area (Å²) in [6.45, 7) is 1.45. The number of nitrogens with zero attached hydrogens (tertiary/aromatic N) is 3. The molecule has 6 heteroatoms. The molecular weight excluding hydrogens is 368 g/mol. The van der Waals surface area contributed by atoms with E-state index in [-0.39, 0.29) is 0 Å². The Morgan fingerprint density at radius 3 is 2.57 bits per heavy atom. The molecule has 3 aromatic carbocycles. The van der Waals surface area contributed by atoms with E-state index >= 15 is 0 Å². The number of hydrogen-bond acceptors (Lipinski definition) is 4. The van der Waals surface area contributed by atoms with Gasteiger partial charge in [-0.1, -0.05) is 48.5 Å². The van der Waals surface area contributed by atoms with Gasteiger partial charge < -0.3 is 4.74 Å². The van der Waals surface area contributed by atoms with Crippen LogP contribution in [0.4, 0.5) is 0 Å². The summed E-state index contributed by atoms with van der Waals surface area (Å²) in [5, 5.41) is 5.68. The van der Waals surface area contributed by atoms with Gasteiger partial charge in [0.2, 0.25) is 4.77 Å². The minimum atomic E-state index is 0.552. The zero-order chi connectivity index (χ0) is 19.5. The van der Waals surface area contributed by atoms with Gasteiger partial charge in [0, 0.05) is 12.1 Å². The van der Waals surface area contributed by atoms with E-state index in [0.29, 0.717) is 11.4 Å². The van der Waals surface area contributed by atoms with Gasteiger partial charge in [-0.3, -0.25) is 10.00 Å². The van der Waals surface area contributed by atoms with Crippen molar-refractivity contribution in [1.82, 2.24) is 19.7 Å². The van der Waals surface area contributed by atoms with Gasteiger partial charge in [-0.2, -0.15) is 4.98 Å². The van der Waals surface area contributed by atoms with Crippen molar-refractivity contribution in [3.05, 3.63) is 77.1 Å². The molecule has 0 aliphatic carbocycles. The molecule has 5 nitrogen and oxygen atoms in total. The fourth-order valence-corrected chi connectivity index (χ4v) is 3.47. The number of methoxy groups -OCH3 is 1.